The van der Waals surface area contributed by atoms with E-state index in [4.69, 9.17) is 0 Å². The first-order valence-electron chi connectivity index (χ1n) is 6.86. The number of nitrogens with one attached hydrogen (secondary N) is 2. The van der Waals surface area contributed by atoms with Crippen LogP contribution in [-0.4, -0.2) is 31.1 Å². The van der Waals surface area contributed by atoms with Gasteiger partial charge in [0.2, 0.25) is 5.95 Å². The van der Waals surface area contributed by atoms with Gasteiger partial charge in [-0.3, -0.25) is 20.2 Å². The number of hydrogen-bond donors (Lipinski definition) is 2. The highest BCUT2D eigenvalue weighted by Gasteiger charge is 2.11. The molecule has 0 saturated carbocycles. The van der Waals surface area contributed by atoms with E-state index in [0.717, 1.165) is 11.3 Å². The highest BCUT2D eigenvalue weighted by molar-refractivity contribution is 6.01. The molecule has 0 aliphatic carbocycles. The van der Waals surface area contributed by atoms with Gasteiger partial charge in [0.1, 0.15) is 17.3 Å². The van der Waals surface area contributed by atoms with Crippen molar-refractivity contribution in [3.63, 3.8) is 0 Å². The summed E-state index contributed by atoms with van der Waals surface area (Å²) in [4.78, 5) is 24.1. The molecule has 23 heavy (non-hydrogen) atoms. The topological polar surface area (TPSA) is 96.5 Å². The number of nitrogens with zero attached hydrogens (tertiary/aromatic N) is 4. The molecule has 0 radical (unpaired) electrons. The Kier molecular flexibility index (Phi) is 4.05. The second-order valence-electron chi connectivity index (χ2n) is 4.91. The zero-order valence-corrected chi connectivity index (χ0v) is 12.2. The quantitative estimate of drug-likeness (QED) is 0.767. The third-order valence-electron chi connectivity index (χ3n) is 3.03. The average molecular weight is 312 g/mol. The molecule has 1 aromatic carbocycles. The van der Waals surface area contributed by atoms with Crippen LogP contribution in [0, 0.1) is 12.7 Å². The smallest absolute Gasteiger partial charge is 0.278 e. The van der Waals surface area contributed by atoms with Crippen molar-refractivity contribution in [1.29, 1.82) is 0 Å². The molecule has 0 bridgehead atoms. The third-order valence-corrected chi connectivity index (χ3v) is 3.03. The van der Waals surface area contributed by atoms with E-state index in [1.807, 2.05) is 0 Å². The van der Waals surface area contributed by atoms with Crippen molar-refractivity contribution >= 4 is 11.9 Å². The lowest BCUT2D eigenvalue weighted by molar-refractivity contribution is 0.102. The lowest BCUT2D eigenvalue weighted by Crippen LogP contribution is -2.15. The number of benzene rings is 1. The fourth-order valence-corrected chi connectivity index (χ4v) is 1.95. The minimum atomic E-state index is -0.450. The van der Waals surface area contributed by atoms with Crippen LogP contribution in [0.3, 0.4) is 0 Å². The molecule has 0 atom stereocenters. The molecule has 0 saturated heterocycles. The van der Waals surface area contributed by atoms with Crippen LogP contribution in [0.2, 0.25) is 0 Å². The number of halogens is 1. The highest BCUT2D eigenvalue weighted by atomic mass is 19.1. The van der Waals surface area contributed by atoms with Crippen molar-refractivity contribution < 1.29 is 9.18 Å². The molecule has 1 amide bonds. The number of aryl methyl sites for hydroxylation is 1. The Balaban J connectivity index is 1.67. The maximum Gasteiger partial charge on any atom is 0.278 e. The molecule has 0 aliphatic rings. The molecule has 0 spiro atoms. The number of hydrogen-bond acceptors (Lipinski definition) is 5. The number of carbonyl (C=O) groups excluding carboxylic acids is 1. The molecule has 2 heterocycles. The summed E-state index contributed by atoms with van der Waals surface area (Å²) in [6.07, 6.45) is 3.26. The third kappa shape index (κ3) is 3.73. The number of aromatic amines is 1. The zero-order valence-electron chi connectivity index (χ0n) is 12.2. The van der Waals surface area contributed by atoms with Gasteiger partial charge < -0.3 is 0 Å². The standard InChI is InChI=1S/C15H13FN6O/c1-9-7-18-12(8-17-9)14(23)20-15-19-13(21-22-15)6-10-3-2-4-11(16)5-10/h2-5,7-8H,6H2,1H3,(H2,19,20,21,22,23). The van der Waals surface area contributed by atoms with Gasteiger partial charge in [0, 0.05) is 12.6 Å². The minimum absolute atomic E-state index is 0.128. The number of carbonyl (C=O) groups is 1. The SMILES string of the molecule is Cc1cnc(C(=O)Nc2n[nH]c(Cc3cccc(F)c3)n2)cn1. The van der Waals surface area contributed by atoms with Gasteiger partial charge in [0.15, 0.2) is 0 Å². The Labute approximate surface area is 131 Å². The fourth-order valence-electron chi connectivity index (χ4n) is 1.95. The number of amides is 1. The summed E-state index contributed by atoms with van der Waals surface area (Å²) < 4.78 is 13.1. The van der Waals surface area contributed by atoms with Gasteiger partial charge in [0.05, 0.1) is 11.9 Å². The summed E-state index contributed by atoms with van der Waals surface area (Å²) in [5.74, 6) is -0.119. The number of anilines is 1. The molecule has 7 nitrogen and oxygen atoms in total. The molecule has 116 valence electrons. The monoisotopic (exact) mass is 312 g/mol. The summed E-state index contributed by atoms with van der Waals surface area (Å²) in [5.41, 5.74) is 1.65. The predicted molar refractivity (Wildman–Crippen MR) is 80.3 cm³/mol. The van der Waals surface area contributed by atoms with Crippen LogP contribution in [0.4, 0.5) is 10.3 Å². The Hall–Kier alpha value is -3.16. The normalized spacial score (nSPS) is 10.5. The molecule has 3 aromatic rings. The van der Waals surface area contributed by atoms with Crippen LogP contribution in [-0.2, 0) is 6.42 Å². The molecular weight excluding hydrogens is 299 g/mol. The van der Waals surface area contributed by atoms with Crippen LogP contribution in [0.25, 0.3) is 0 Å². The van der Waals surface area contributed by atoms with Crippen molar-refractivity contribution in [2.75, 3.05) is 5.32 Å². The van der Waals surface area contributed by atoms with Crippen molar-refractivity contribution in [3.8, 4) is 0 Å². The van der Waals surface area contributed by atoms with Gasteiger partial charge in [-0.25, -0.2) is 9.37 Å². The van der Waals surface area contributed by atoms with E-state index in [-0.39, 0.29) is 17.5 Å². The number of aromatic nitrogens is 5. The van der Waals surface area contributed by atoms with Gasteiger partial charge >= 0.3 is 0 Å². The van der Waals surface area contributed by atoms with E-state index >= 15 is 0 Å². The molecule has 2 aromatic heterocycles. The first kappa shape index (κ1) is 14.8. The molecule has 0 fully saturated rings. The largest absolute Gasteiger partial charge is 0.288 e. The first-order chi connectivity index (χ1) is 11.1. The number of rotatable bonds is 4. The van der Waals surface area contributed by atoms with Crippen LogP contribution in [0.1, 0.15) is 27.6 Å². The Morgan fingerprint density at radius 3 is 2.91 bits per heavy atom. The summed E-state index contributed by atoms with van der Waals surface area (Å²) in [7, 11) is 0. The van der Waals surface area contributed by atoms with Gasteiger partial charge in [-0.1, -0.05) is 12.1 Å². The molecule has 0 aliphatic heterocycles. The van der Waals surface area contributed by atoms with Crippen molar-refractivity contribution in [1.82, 2.24) is 25.1 Å². The van der Waals surface area contributed by atoms with Crippen molar-refractivity contribution in [2.24, 2.45) is 0 Å². The van der Waals surface area contributed by atoms with E-state index < -0.39 is 5.91 Å². The van der Waals surface area contributed by atoms with E-state index in [1.165, 1.54) is 24.5 Å². The van der Waals surface area contributed by atoms with Crippen LogP contribution in [0.5, 0.6) is 0 Å². The molecule has 2 N–H and O–H groups in total. The van der Waals surface area contributed by atoms with E-state index in [0.29, 0.717) is 12.2 Å². The lowest BCUT2D eigenvalue weighted by Gasteiger charge is -2.00. The predicted octanol–water partition coefficient (Wildman–Crippen LogP) is 1.89. The van der Waals surface area contributed by atoms with Crippen molar-refractivity contribution in [3.05, 3.63) is 65.3 Å². The van der Waals surface area contributed by atoms with E-state index in [1.54, 1.807) is 19.1 Å². The second kappa shape index (κ2) is 6.30. The van der Waals surface area contributed by atoms with Crippen LogP contribution < -0.4 is 5.32 Å². The second-order valence-corrected chi connectivity index (χ2v) is 4.91. The molecule has 3 rings (SSSR count). The Bertz CT molecular complexity index is 830. The summed E-state index contributed by atoms with van der Waals surface area (Å²) in [6, 6.07) is 6.20. The number of H-pyrrole nitrogens is 1. The van der Waals surface area contributed by atoms with Gasteiger partial charge in [-0.15, -0.1) is 5.10 Å². The first-order valence-corrected chi connectivity index (χ1v) is 6.86. The minimum Gasteiger partial charge on any atom is -0.288 e. The maximum absolute atomic E-state index is 13.1. The molecule has 0 unspecified atom stereocenters. The zero-order chi connectivity index (χ0) is 16.2. The van der Waals surface area contributed by atoms with Gasteiger partial charge in [-0.2, -0.15) is 4.98 Å². The van der Waals surface area contributed by atoms with Crippen LogP contribution in [0.15, 0.2) is 36.7 Å². The van der Waals surface area contributed by atoms with Crippen molar-refractivity contribution in [2.45, 2.75) is 13.3 Å². The van der Waals surface area contributed by atoms with Crippen LogP contribution >= 0.6 is 0 Å². The Morgan fingerprint density at radius 1 is 1.30 bits per heavy atom. The van der Waals surface area contributed by atoms with Gasteiger partial charge in [-0.05, 0) is 24.6 Å². The molecule has 8 heteroatoms. The summed E-state index contributed by atoms with van der Waals surface area (Å²) >= 11 is 0. The van der Waals surface area contributed by atoms with Gasteiger partial charge in [0.25, 0.3) is 5.91 Å². The average Bonchev–Trinajstić information content (AvgIpc) is 2.95. The fraction of sp³-hybridized carbons (Fsp3) is 0.133. The molecular formula is C15H13FN6O. The summed E-state index contributed by atoms with van der Waals surface area (Å²) in [6.45, 7) is 1.78. The van der Waals surface area contributed by atoms with E-state index in [9.17, 15) is 9.18 Å². The maximum atomic E-state index is 13.1. The lowest BCUT2D eigenvalue weighted by atomic mass is 10.1. The van der Waals surface area contributed by atoms with E-state index in [2.05, 4.69) is 30.5 Å². The summed E-state index contributed by atoms with van der Waals surface area (Å²) in [5, 5.41) is 9.14. The Morgan fingerprint density at radius 2 is 2.17 bits per heavy atom. The highest BCUT2D eigenvalue weighted by Crippen LogP contribution is 2.09.